The van der Waals surface area contributed by atoms with Gasteiger partial charge in [0.2, 0.25) is 0 Å². The lowest BCUT2D eigenvalue weighted by Crippen LogP contribution is -2.48. The number of aliphatic imine (C=N–C) groups is 1. The SMILES string of the molecule is CCNC(=NCc1cccs1)NCC1(C)CCCCC1O. The Kier molecular flexibility index (Phi) is 6.06. The first-order valence-electron chi connectivity index (χ1n) is 7.86. The third-order valence-corrected chi connectivity index (χ3v) is 5.12. The molecule has 1 aromatic heterocycles. The van der Waals surface area contributed by atoms with Crippen LogP contribution in [0.3, 0.4) is 0 Å². The minimum Gasteiger partial charge on any atom is -0.392 e. The van der Waals surface area contributed by atoms with Gasteiger partial charge >= 0.3 is 0 Å². The van der Waals surface area contributed by atoms with Gasteiger partial charge in [0.25, 0.3) is 0 Å². The fraction of sp³-hybridized carbons (Fsp3) is 0.688. The maximum absolute atomic E-state index is 10.3. The molecule has 5 heteroatoms. The van der Waals surface area contributed by atoms with Gasteiger partial charge in [0.15, 0.2) is 5.96 Å². The second kappa shape index (κ2) is 7.80. The number of guanidine groups is 1. The van der Waals surface area contributed by atoms with Crippen molar-refractivity contribution in [2.24, 2.45) is 10.4 Å². The van der Waals surface area contributed by atoms with Crippen LogP contribution in [-0.4, -0.2) is 30.3 Å². The first-order valence-corrected chi connectivity index (χ1v) is 8.74. The van der Waals surface area contributed by atoms with Crippen molar-refractivity contribution in [2.75, 3.05) is 13.1 Å². The maximum Gasteiger partial charge on any atom is 0.191 e. The van der Waals surface area contributed by atoms with Gasteiger partial charge in [-0.15, -0.1) is 11.3 Å². The van der Waals surface area contributed by atoms with Gasteiger partial charge in [-0.1, -0.05) is 25.8 Å². The van der Waals surface area contributed by atoms with Crippen LogP contribution >= 0.6 is 11.3 Å². The lowest BCUT2D eigenvalue weighted by molar-refractivity contribution is 0.00397. The van der Waals surface area contributed by atoms with Crippen molar-refractivity contribution in [2.45, 2.75) is 52.2 Å². The molecule has 0 amide bonds. The monoisotopic (exact) mass is 309 g/mol. The quantitative estimate of drug-likeness (QED) is 0.579. The highest BCUT2D eigenvalue weighted by atomic mass is 32.1. The third-order valence-electron chi connectivity index (χ3n) is 4.26. The van der Waals surface area contributed by atoms with Crippen LogP contribution in [0.4, 0.5) is 0 Å². The van der Waals surface area contributed by atoms with Crippen molar-refractivity contribution in [1.82, 2.24) is 10.6 Å². The Bertz CT molecular complexity index is 446. The first-order chi connectivity index (χ1) is 10.1. The second-order valence-electron chi connectivity index (χ2n) is 6.04. The summed E-state index contributed by atoms with van der Waals surface area (Å²) in [6, 6.07) is 4.15. The van der Waals surface area contributed by atoms with Crippen molar-refractivity contribution < 1.29 is 5.11 Å². The van der Waals surface area contributed by atoms with E-state index in [1.165, 1.54) is 11.3 Å². The number of hydrogen-bond donors (Lipinski definition) is 3. The van der Waals surface area contributed by atoms with Gasteiger partial charge in [0, 0.05) is 23.4 Å². The normalized spacial score (nSPS) is 26.6. The molecular formula is C16H27N3OS. The van der Waals surface area contributed by atoms with E-state index in [4.69, 9.17) is 0 Å². The fourth-order valence-electron chi connectivity index (χ4n) is 2.77. The minimum absolute atomic E-state index is 0.0443. The molecule has 118 valence electrons. The molecule has 2 atom stereocenters. The highest BCUT2D eigenvalue weighted by Gasteiger charge is 2.35. The Labute approximate surface area is 131 Å². The van der Waals surface area contributed by atoms with E-state index in [1.54, 1.807) is 11.3 Å². The Morgan fingerprint density at radius 2 is 2.33 bits per heavy atom. The maximum atomic E-state index is 10.3. The first kappa shape index (κ1) is 16.3. The zero-order valence-electron chi connectivity index (χ0n) is 13.1. The molecule has 0 radical (unpaired) electrons. The van der Waals surface area contributed by atoms with Gasteiger partial charge in [0.1, 0.15) is 0 Å². The highest BCUT2D eigenvalue weighted by molar-refractivity contribution is 7.09. The van der Waals surface area contributed by atoms with Gasteiger partial charge in [-0.25, -0.2) is 4.99 Å². The van der Waals surface area contributed by atoms with Crippen molar-refractivity contribution in [3.8, 4) is 0 Å². The summed E-state index contributed by atoms with van der Waals surface area (Å²) >= 11 is 1.73. The molecule has 21 heavy (non-hydrogen) atoms. The van der Waals surface area contributed by atoms with Crippen molar-refractivity contribution in [3.05, 3.63) is 22.4 Å². The summed E-state index contributed by atoms with van der Waals surface area (Å²) in [5.74, 6) is 0.838. The molecule has 0 saturated heterocycles. The molecule has 4 nitrogen and oxygen atoms in total. The number of hydrogen-bond acceptors (Lipinski definition) is 3. The number of nitrogens with zero attached hydrogens (tertiary/aromatic N) is 1. The van der Waals surface area contributed by atoms with Gasteiger partial charge < -0.3 is 15.7 Å². The van der Waals surface area contributed by atoms with Gasteiger partial charge in [-0.2, -0.15) is 0 Å². The summed E-state index contributed by atoms with van der Waals surface area (Å²) in [6.07, 6.45) is 4.13. The predicted molar refractivity (Wildman–Crippen MR) is 89.7 cm³/mol. The molecule has 0 aromatic carbocycles. The van der Waals surface area contributed by atoms with E-state index in [1.807, 2.05) is 0 Å². The number of thiophene rings is 1. The summed E-state index contributed by atoms with van der Waals surface area (Å²) < 4.78 is 0. The van der Waals surface area contributed by atoms with Crippen molar-refractivity contribution >= 4 is 17.3 Å². The molecule has 1 saturated carbocycles. The van der Waals surface area contributed by atoms with Crippen molar-refractivity contribution in [1.29, 1.82) is 0 Å². The number of aliphatic hydroxyl groups excluding tert-OH is 1. The average Bonchev–Trinajstić information content (AvgIpc) is 2.99. The Morgan fingerprint density at radius 3 is 3.00 bits per heavy atom. The Hall–Kier alpha value is -1.07. The predicted octanol–water partition coefficient (Wildman–Crippen LogP) is 2.74. The van der Waals surface area contributed by atoms with Crippen LogP contribution in [-0.2, 0) is 6.54 Å². The van der Waals surface area contributed by atoms with Gasteiger partial charge in [-0.3, -0.25) is 0 Å². The van der Waals surface area contributed by atoms with Crippen LogP contribution in [0.25, 0.3) is 0 Å². The lowest BCUT2D eigenvalue weighted by atomic mass is 9.73. The Balaban J connectivity index is 1.91. The number of aliphatic hydroxyl groups is 1. The largest absolute Gasteiger partial charge is 0.392 e. The van der Waals surface area contributed by atoms with Crippen LogP contribution in [0.1, 0.15) is 44.4 Å². The molecular weight excluding hydrogens is 282 g/mol. The zero-order chi connectivity index (χ0) is 15.1. The van der Waals surface area contributed by atoms with E-state index in [0.29, 0.717) is 6.54 Å². The molecule has 0 bridgehead atoms. The van der Waals surface area contributed by atoms with Crippen LogP contribution in [0.5, 0.6) is 0 Å². The molecule has 0 aliphatic heterocycles. The molecule has 2 unspecified atom stereocenters. The average molecular weight is 309 g/mol. The smallest absolute Gasteiger partial charge is 0.191 e. The van der Waals surface area contributed by atoms with E-state index in [0.717, 1.165) is 38.3 Å². The van der Waals surface area contributed by atoms with E-state index in [-0.39, 0.29) is 11.5 Å². The molecule has 0 spiro atoms. The molecule has 1 heterocycles. The lowest BCUT2D eigenvalue weighted by Gasteiger charge is -2.38. The zero-order valence-corrected chi connectivity index (χ0v) is 13.9. The molecule has 1 aromatic rings. The fourth-order valence-corrected chi connectivity index (χ4v) is 3.40. The summed E-state index contributed by atoms with van der Waals surface area (Å²) in [6.45, 7) is 6.55. The molecule has 1 fully saturated rings. The second-order valence-corrected chi connectivity index (χ2v) is 7.08. The van der Waals surface area contributed by atoms with E-state index in [9.17, 15) is 5.11 Å². The van der Waals surface area contributed by atoms with E-state index in [2.05, 4.69) is 47.0 Å². The van der Waals surface area contributed by atoms with Gasteiger partial charge in [-0.05, 0) is 31.2 Å². The summed E-state index contributed by atoms with van der Waals surface area (Å²) in [7, 11) is 0. The Morgan fingerprint density at radius 1 is 1.48 bits per heavy atom. The standard InChI is InChI=1S/C16H27N3OS/c1-3-17-15(18-11-13-7-6-10-21-13)19-12-16(2)9-5-4-8-14(16)20/h6-7,10,14,20H,3-5,8-9,11-12H2,1-2H3,(H2,17,18,19). The topological polar surface area (TPSA) is 56.7 Å². The van der Waals surface area contributed by atoms with Gasteiger partial charge in [0.05, 0.1) is 12.6 Å². The highest BCUT2D eigenvalue weighted by Crippen LogP contribution is 2.35. The third kappa shape index (κ3) is 4.71. The van der Waals surface area contributed by atoms with Crippen LogP contribution in [0.15, 0.2) is 22.5 Å². The molecule has 2 rings (SSSR count). The van der Waals surface area contributed by atoms with Crippen LogP contribution in [0.2, 0.25) is 0 Å². The molecule has 1 aliphatic rings. The summed E-state index contributed by atoms with van der Waals surface area (Å²) in [5, 5.41) is 19.0. The van der Waals surface area contributed by atoms with Crippen LogP contribution < -0.4 is 10.6 Å². The number of nitrogens with one attached hydrogen (secondary N) is 2. The van der Waals surface area contributed by atoms with E-state index >= 15 is 0 Å². The van der Waals surface area contributed by atoms with Crippen LogP contribution in [0, 0.1) is 5.41 Å². The number of rotatable bonds is 5. The molecule has 1 aliphatic carbocycles. The summed E-state index contributed by atoms with van der Waals surface area (Å²) in [5.41, 5.74) is -0.0443. The minimum atomic E-state index is -0.209. The van der Waals surface area contributed by atoms with E-state index < -0.39 is 0 Å². The summed E-state index contributed by atoms with van der Waals surface area (Å²) in [4.78, 5) is 5.88. The molecule has 3 N–H and O–H groups in total. The van der Waals surface area contributed by atoms with Crippen molar-refractivity contribution in [3.63, 3.8) is 0 Å².